The molecule has 0 bridgehead atoms. The standard InChI is InChI=1S/C8H17N/c1-5-7-8(3)9(4)6-2/h7H,5-6H2,1-4H3. The predicted molar refractivity (Wildman–Crippen MR) is 42.4 cm³/mol. The van der Waals surface area contributed by atoms with E-state index in [1.165, 1.54) is 5.70 Å². The fourth-order valence-electron chi connectivity index (χ4n) is 0.701. The Labute approximate surface area is 58.4 Å². The molecule has 0 radical (unpaired) electrons. The third kappa shape index (κ3) is 3.17. The molecule has 0 saturated heterocycles. The molecule has 0 N–H and O–H groups in total. The van der Waals surface area contributed by atoms with Gasteiger partial charge in [0, 0.05) is 19.3 Å². The molecule has 0 saturated carbocycles. The van der Waals surface area contributed by atoms with Crippen molar-refractivity contribution in [2.45, 2.75) is 27.2 Å². The average Bonchev–Trinajstić information content (AvgIpc) is 1.87. The highest BCUT2D eigenvalue weighted by Gasteiger charge is 1.90. The van der Waals surface area contributed by atoms with E-state index in [9.17, 15) is 0 Å². The van der Waals surface area contributed by atoms with Crippen LogP contribution < -0.4 is 0 Å². The number of allylic oxidation sites excluding steroid dienone is 2. The Kier molecular flexibility index (Phi) is 4.20. The highest BCUT2D eigenvalue weighted by molar-refractivity contribution is 4.94. The SMILES string of the molecule is CCC=C(C)N(C)CC. The molecule has 0 fully saturated rings. The third-order valence-corrected chi connectivity index (χ3v) is 1.58. The zero-order valence-corrected chi connectivity index (χ0v) is 6.94. The maximum atomic E-state index is 2.24. The van der Waals surface area contributed by atoms with E-state index in [1.54, 1.807) is 0 Å². The molecule has 0 aromatic rings. The lowest BCUT2D eigenvalue weighted by atomic mass is 10.3. The van der Waals surface area contributed by atoms with E-state index in [-0.39, 0.29) is 0 Å². The highest BCUT2D eigenvalue weighted by atomic mass is 15.1. The maximum absolute atomic E-state index is 2.24. The largest absolute Gasteiger partial charge is 0.379 e. The Balaban J connectivity index is 3.70. The van der Waals surface area contributed by atoms with Crippen LogP contribution in [0.15, 0.2) is 11.8 Å². The van der Waals surface area contributed by atoms with Gasteiger partial charge in [-0.3, -0.25) is 0 Å². The topological polar surface area (TPSA) is 3.24 Å². The Hall–Kier alpha value is -0.460. The van der Waals surface area contributed by atoms with E-state index in [2.05, 4.69) is 38.8 Å². The van der Waals surface area contributed by atoms with Gasteiger partial charge in [0.25, 0.3) is 0 Å². The summed E-state index contributed by atoms with van der Waals surface area (Å²) in [7, 11) is 2.11. The second-order valence-corrected chi connectivity index (χ2v) is 2.27. The third-order valence-electron chi connectivity index (χ3n) is 1.58. The van der Waals surface area contributed by atoms with Crippen molar-refractivity contribution >= 4 is 0 Å². The first-order valence-corrected chi connectivity index (χ1v) is 3.60. The second kappa shape index (κ2) is 4.42. The fraction of sp³-hybridized carbons (Fsp3) is 0.750. The molecule has 0 heterocycles. The molecular formula is C8H17N. The van der Waals surface area contributed by atoms with Gasteiger partial charge >= 0.3 is 0 Å². The summed E-state index contributed by atoms with van der Waals surface area (Å²) in [6.07, 6.45) is 3.37. The normalized spacial score (nSPS) is 11.8. The molecule has 0 aliphatic carbocycles. The predicted octanol–water partition coefficient (Wildman–Crippen LogP) is 2.25. The smallest absolute Gasteiger partial charge is 0.0143 e. The minimum Gasteiger partial charge on any atom is -0.379 e. The molecule has 9 heavy (non-hydrogen) atoms. The lowest BCUT2D eigenvalue weighted by molar-refractivity contribution is 0.441. The number of hydrogen-bond donors (Lipinski definition) is 0. The van der Waals surface area contributed by atoms with Gasteiger partial charge < -0.3 is 4.90 Å². The van der Waals surface area contributed by atoms with Gasteiger partial charge in [0.1, 0.15) is 0 Å². The minimum absolute atomic E-state index is 1.10. The lowest BCUT2D eigenvalue weighted by Gasteiger charge is -2.16. The minimum atomic E-state index is 1.10. The van der Waals surface area contributed by atoms with Gasteiger partial charge in [0.15, 0.2) is 0 Å². The molecule has 0 spiro atoms. The molecule has 0 aliphatic heterocycles. The molecule has 0 amide bonds. The van der Waals surface area contributed by atoms with E-state index >= 15 is 0 Å². The maximum Gasteiger partial charge on any atom is 0.0143 e. The van der Waals surface area contributed by atoms with Crippen LogP contribution in [-0.4, -0.2) is 18.5 Å². The van der Waals surface area contributed by atoms with Gasteiger partial charge in [0.05, 0.1) is 0 Å². The first-order chi connectivity index (χ1) is 4.22. The molecule has 0 aromatic heterocycles. The number of hydrogen-bond acceptors (Lipinski definition) is 1. The van der Waals surface area contributed by atoms with Crippen molar-refractivity contribution < 1.29 is 0 Å². The second-order valence-electron chi connectivity index (χ2n) is 2.27. The molecule has 0 aliphatic rings. The summed E-state index contributed by atoms with van der Waals surface area (Å²) in [5.74, 6) is 0. The van der Waals surface area contributed by atoms with Crippen LogP contribution in [0.5, 0.6) is 0 Å². The van der Waals surface area contributed by atoms with E-state index in [1.807, 2.05) is 0 Å². The summed E-state index contributed by atoms with van der Waals surface area (Å²) >= 11 is 0. The highest BCUT2D eigenvalue weighted by Crippen LogP contribution is 1.99. The molecule has 1 nitrogen and oxygen atoms in total. The van der Waals surface area contributed by atoms with Crippen LogP contribution >= 0.6 is 0 Å². The molecule has 0 atom stereocenters. The van der Waals surface area contributed by atoms with Crippen LogP contribution in [0.4, 0.5) is 0 Å². The van der Waals surface area contributed by atoms with E-state index in [0.717, 1.165) is 13.0 Å². The molecule has 54 valence electrons. The fourth-order valence-corrected chi connectivity index (χ4v) is 0.701. The summed E-state index contributed by atoms with van der Waals surface area (Å²) in [5, 5.41) is 0. The van der Waals surface area contributed by atoms with E-state index in [0.29, 0.717) is 0 Å². The van der Waals surface area contributed by atoms with Crippen LogP contribution in [0.25, 0.3) is 0 Å². The molecular weight excluding hydrogens is 110 g/mol. The molecule has 0 aromatic carbocycles. The van der Waals surface area contributed by atoms with E-state index in [4.69, 9.17) is 0 Å². The van der Waals surface area contributed by atoms with Crippen LogP contribution in [0, 0.1) is 0 Å². The summed E-state index contributed by atoms with van der Waals surface area (Å²) < 4.78 is 0. The van der Waals surface area contributed by atoms with E-state index < -0.39 is 0 Å². The summed E-state index contributed by atoms with van der Waals surface area (Å²) in [6, 6.07) is 0. The molecule has 1 heteroatoms. The molecule has 0 unspecified atom stereocenters. The van der Waals surface area contributed by atoms with Crippen LogP contribution in [-0.2, 0) is 0 Å². The quantitative estimate of drug-likeness (QED) is 0.562. The average molecular weight is 127 g/mol. The molecule has 0 rings (SSSR count). The van der Waals surface area contributed by atoms with Crippen molar-refractivity contribution in [3.05, 3.63) is 11.8 Å². The lowest BCUT2D eigenvalue weighted by Crippen LogP contribution is -2.14. The van der Waals surface area contributed by atoms with Crippen molar-refractivity contribution in [2.75, 3.05) is 13.6 Å². The van der Waals surface area contributed by atoms with Gasteiger partial charge in [-0.05, 0) is 20.3 Å². The Morgan fingerprint density at radius 2 is 2.00 bits per heavy atom. The van der Waals surface area contributed by atoms with Crippen molar-refractivity contribution in [1.82, 2.24) is 4.90 Å². The van der Waals surface area contributed by atoms with Crippen molar-refractivity contribution in [1.29, 1.82) is 0 Å². The number of nitrogens with zero attached hydrogens (tertiary/aromatic N) is 1. The van der Waals surface area contributed by atoms with Crippen LogP contribution in [0.3, 0.4) is 0 Å². The van der Waals surface area contributed by atoms with Crippen molar-refractivity contribution in [3.63, 3.8) is 0 Å². The first kappa shape index (κ1) is 8.54. The monoisotopic (exact) mass is 127 g/mol. The van der Waals surface area contributed by atoms with Crippen molar-refractivity contribution in [3.8, 4) is 0 Å². The Bertz CT molecular complexity index is 94.7. The van der Waals surface area contributed by atoms with Gasteiger partial charge in [-0.15, -0.1) is 0 Å². The zero-order valence-electron chi connectivity index (χ0n) is 6.94. The number of rotatable bonds is 3. The van der Waals surface area contributed by atoms with Gasteiger partial charge in [0.2, 0.25) is 0 Å². The Morgan fingerprint density at radius 1 is 1.44 bits per heavy atom. The van der Waals surface area contributed by atoms with Gasteiger partial charge in [-0.25, -0.2) is 0 Å². The van der Waals surface area contributed by atoms with Crippen LogP contribution in [0.1, 0.15) is 27.2 Å². The summed E-state index contributed by atoms with van der Waals surface area (Å²) in [6.45, 7) is 7.56. The summed E-state index contributed by atoms with van der Waals surface area (Å²) in [4.78, 5) is 2.24. The van der Waals surface area contributed by atoms with Crippen molar-refractivity contribution in [2.24, 2.45) is 0 Å². The Morgan fingerprint density at radius 3 is 2.33 bits per heavy atom. The zero-order chi connectivity index (χ0) is 7.28. The van der Waals surface area contributed by atoms with Gasteiger partial charge in [-0.2, -0.15) is 0 Å². The summed E-state index contributed by atoms with van der Waals surface area (Å²) in [5.41, 5.74) is 1.38. The van der Waals surface area contributed by atoms with Gasteiger partial charge in [-0.1, -0.05) is 13.0 Å². The van der Waals surface area contributed by atoms with Crippen LogP contribution in [0.2, 0.25) is 0 Å². The first-order valence-electron chi connectivity index (χ1n) is 3.60.